The molecule has 5 nitrogen and oxygen atoms in total. The highest BCUT2D eigenvalue weighted by Crippen LogP contribution is 2.41. The van der Waals surface area contributed by atoms with Crippen molar-refractivity contribution in [1.82, 2.24) is 0 Å². The number of carboxylic acid groups (broad SMARTS) is 1. The van der Waals surface area contributed by atoms with Crippen LogP contribution in [0.1, 0.15) is 85.7 Å². The lowest BCUT2D eigenvalue weighted by atomic mass is 9.82. The number of rotatable bonds is 5. The maximum atomic E-state index is 13.7. The molecule has 2 aliphatic carbocycles. The fourth-order valence-corrected chi connectivity index (χ4v) is 6.13. The first-order valence-electron chi connectivity index (χ1n) is 11.5. The number of anilines is 1. The van der Waals surface area contributed by atoms with Crippen LogP contribution in [0.25, 0.3) is 5.57 Å². The predicted molar refractivity (Wildman–Crippen MR) is 120 cm³/mol. The van der Waals surface area contributed by atoms with E-state index < -0.39 is 5.97 Å². The average molecular weight is 432 g/mol. The van der Waals surface area contributed by atoms with E-state index in [-0.39, 0.29) is 17.9 Å². The molecule has 164 valence electrons. The third kappa shape index (κ3) is 4.65. The van der Waals surface area contributed by atoms with Crippen molar-refractivity contribution in [2.75, 3.05) is 18.1 Å². The number of nitrogens with zero attached hydrogens (tertiary/aromatic N) is 1. The molecule has 2 fully saturated rings. The zero-order valence-electron chi connectivity index (χ0n) is 17.9. The van der Waals surface area contributed by atoms with Gasteiger partial charge in [0.25, 0.3) is 0 Å². The summed E-state index contributed by atoms with van der Waals surface area (Å²) in [6, 6.07) is 2.01. The van der Waals surface area contributed by atoms with Gasteiger partial charge in [-0.1, -0.05) is 13.0 Å². The second kappa shape index (κ2) is 9.65. The first-order chi connectivity index (χ1) is 14.5. The van der Waals surface area contributed by atoms with E-state index in [0.717, 1.165) is 62.7 Å². The van der Waals surface area contributed by atoms with Crippen LogP contribution in [-0.2, 0) is 9.53 Å². The molecule has 0 atom stereocenters. The minimum absolute atomic E-state index is 0.00272. The number of ether oxygens (including phenoxy) is 1. The average Bonchev–Trinajstić information content (AvgIpc) is 3.21. The van der Waals surface area contributed by atoms with Gasteiger partial charge >= 0.3 is 5.97 Å². The van der Waals surface area contributed by atoms with Gasteiger partial charge in [0.2, 0.25) is 5.91 Å². The molecule has 2 heterocycles. The minimum atomic E-state index is -0.931. The molecule has 3 aliphatic rings. The summed E-state index contributed by atoms with van der Waals surface area (Å²) in [4.78, 5) is 29.1. The van der Waals surface area contributed by atoms with Crippen LogP contribution in [0.3, 0.4) is 0 Å². The first kappa shape index (κ1) is 21.6. The normalized spacial score (nSPS) is 25.6. The number of carbonyl (C=O) groups is 2. The van der Waals surface area contributed by atoms with Crippen molar-refractivity contribution in [3.8, 4) is 0 Å². The zero-order valence-corrected chi connectivity index (χ0v) is 18.7. The largest absolute Gasteiger partial charge is 0.477 e. The fourth-order valence-electron chi connectivity index (χ4n) is 5.08. The predicted octanol–water partition coefficient (Wildman–Crippen LogP) is 5.74. The van der Waals surface area contributed by atoms with E-state index in [2.05, 4.69) is 13.0 Å². The Kier molecular flexibility index (Phi) is 6.94. The third-order valence-electron chi connectivity index (χ3n) is 6.93. The second-order valence-electron chi connectivity index (χ2n) is 9.11. The lowest BCUT2D eigenvalue weighted by Crippen LogP contribution is -2.47. The molecule has 6 heteroatoms. The van der Waals surface area contributed by atoms with Gasteiger partial charge in [-0.2, -0.15) is 0 Å². The minimum Gasteiger partial charge on any atom is -0.477 e. The van der Waals surface area contributed by atoms with Gasteiger partial charge in [-0.05, 0) is 81.8 Å². The topological polar surface area (TPSA) is 66.8 Å². The molecule has 1 aromatic heterocycles. The zero-order chi connectivity index (χ0) is 21.1. The number of aromatic carboxylic acids is 1. The lowest BCUT2D eigenvalue weighted by Gasteiger charge is -2.37. The fraction of sp³-hybridized carbons (Fsp3) is 0.667. The van der Waals surface area contributed by atoms with Gasteiger partial charge < -0.3 is 14.7 Å². The lowest BCUT2D eigenvalue weighted by molar-refractivity contribution is -0.124. The highest BCUT2D eigenvalue weighted by Gasteiger charge is 2.36. The van der Waals surface area contributed by atoms with Crippen LogP contribution in [0.5, 0.6) is 0 Å². The van der Waals surface area contributed by atoms with Crippen LogP contribution in [0.4, 0.5) is 5.69 Å². The van der Waals surface area contributed by atoms with Crippen LogP contribution >= 0.6 is 11.3 Å². The molecular formula is C24H33NO4S. The van der Waals surface area contributed by atoms with Crippen molar-refractivity contribution in [2.24, 2.45) is 11.8 Å². The second-order valence-corrected chi connectivity index (χ2v) is 10.2. The van der Waals surface area contributed by atoms with Gasteiger partial charge in [0.05, 0.1) is 5.69 Å². The molecule has 0 aromatic carbocycles. The number of carbonyl (C=O) groups excluding carboxylic acids is 1. The number of thiophene rings is 1. The van der Waals surface area contributed by atoms with Crippen molar-refractivity contribution in [3.05, 3.63) is 21.9 Å². The van der Waals surface area contributed by atoms with Crippen molar-refractivity contribution in [2.45, 2.75) is 77.2 Å². The molecule has 1 saturated heterocycles. The Hall–Kier alpha value is -1.66. The van der Waals surface area contributed by atoms with Gasteiger partial charge in [0, 0.05) is 30.1 Å². The van der Waals surface area contributed by atoms with Crippen LogP contribution in [0, 0.1) is 11.8 Å². The highest BCUT2D eigenvalue weighted by molar-refractivity contribution is 7.15. The number of hydrogen-bond acceptors (Lipinski definition) is 4. The summed E-state index contributed by atoms with van der Waals surface area (Å²) >= 11 is 1.34. The smallest absolute Gasteiger partial charge is 0.348 e. The summed E-state index contributed by atoms with van der Waals surface area (Å²) < 4.78 is 5.54. The third-order valence-corrected chi connectivity index (χ3v) is 8.12. The van der Waals surface area contributed by atoms with Gasteiger partial charge in [0.15, 0.2) is 0 Å². The summed E-state index contributed by atoms with van der Waals surface area (Å²) in [5.41, 5.74) is 1.86. The van der Waals surface area contributed by atoms with Crippen molar-refractivity contribution in [3.63, 3.8) is 0 Å². The van der Waals surface area contributed by atoms with Crippen LogP contribution in [0.15, 0.2) is 12.1 Å². The monoisotopic (exact) mass is 431 g/mol. The van der Waals surface area contributed by atoms with E-state index in [1.807, 2.05) is 11.0 Å². The van der Waals surface area contributed by atoms with Crippen molar-refractivity contribution < 1.29 is 19.4 Å². The van der Waals surface area contributed by atoms with Gasteiger partial charge in [-0.3, -0.25) is 4.79 Å². The maximum absolute atomic E-state index is 13.7. The summed E-state index contributed by atoms with van der Waals surface area (Å²) in [6.45, 7) is 3.50. The molecule has 0 radical (unpaired) electrons. The number of hydrogen-bond donors (Lipinski definition) is 1. The van der Waals surface area contributed by atoms with Gasteiger partial charge in [0.1, 0.15) is 4.88 Å². The van der Waals surface area contributed by atoms with E-state index >= 15 is 0 Å². The van der Waals surface area contributed by atoms with Gasteiger partial charge in [-0.25, -0.2) is 4.79 Å². The molecular weight excluding hydrogens is 398 g/mol. The number of carboxylic acids is 1. The summed E-state index contributed by atoms with van der Waals surface area (Å²) in [6.07, 6.45) is 12.1. The molecule has 30 heavy (non-hydrogen) atoms. The first-order valence-corrected chi connectivity index (χ1v) is 12.3. The Morgan fingerprint density at radius 1 is 1.10 bits per heavy atom. The SMILES string of the molecule is CC1CCC(C(=O)N(c2cc(C3=CCCCC3)sc2C(=O)O)C2CCOCC2)CC1. The molecule has 1 N–H and O–H groups in total. The Labute approximate surface area is 183 Å². The Morgan fingerprint density at radius 3 is 2.47 bits per heavy atom. The highest BCUT2D eigenvalue weighted by atomic mass is 32.1. The quantitative estimate of drug-likeness (QED) is 0.645. The van der Waals surface area contributed by atoms with Crippen LogP contribution in [0.2, 0.25) is 0 Å². The molecule has 1 amide bonds. The molecule has 1 aliphatic heterocycles. The van der Waals surface area contributed by atoms with E-state index in [0.29, 0.717) is 29.7 Å². The summed E-state index contributed by atoms with van der Waals surface area (Å²) in [5.74, 6) is -0.132. The molecule has 0 unspecified atom stereocenters. The molecule has 1 aromatic rings. The van der Waals surface area contributed by atoms with Crippen LogP contribution < -0.4 is 4.90 Å². The van der Waals surface area contributed by atoms with Crippen molar-refractivity contribution in [1.29, 1.82) is 0 Å². The van der Waals surface area contributed by atoms with E-state index in [1.165, 1.54) is 23.3 Å². The standard InChI is InChI=1S/C24H33NO4S/c1-16-7-9-18(10-8-16)23(26)25(19-11-13-29-14-12-19)20-15-21(30-22(20)24(27)28)17-5-3-2-4-6-17/h5,15-16,18-19H,2-4,6-14H2,1H3,(H,27,28). The summed E-state index contributed by atoms with van der Waals surface area (Å²) in [7, 11) is 0. The van der Waals surface area contributed by atoms with Gasteiger partial charge in [-0.15, -0.1) is 11.3 Å². The Balaban J connectivity index is 1.70. The maximum Gasteiger partial charge on any atom is 0.348 e. The summed E-state index contributed by atoms with van der Waals surface area (Å²) in [5, 5.41) is 9.98. The Morgan fingerprint density at radius 2 is 1.83 bits per heavy atom. The molecule has 1 saturated carbocycles. The van der Waals surface area contributed by atoms with Crippen molar-refractivity contribution >= 4 is 34.5 Å². The van der Waals surface area contributed by atoms with E-state index in [9.17, 15) is 14.7 Å². The van der Waals surface area contributed by atoms with E-state index in [4.69, 9.17) is 4.74 Å². The molecule has 0 spiro atoms. The van der Waals surface area contributed by atoms with Crippen LogP contribution in [-0.4, -0.2) is 36.2 Å². The van der Waals surface area contributed by atoms with E-state index in [1.54, 1.807) is 0 Å². The molecule has 4 rings (SSSR count). The Bertz CT molecular complexity index is 800. The number of allylic oxidation sites excluding steroid dienone is 2. The molecule has 0 bridgehead atoms. The number of amides is 1.